The lowest BCUT2D eigenvalue weighted by atomic mass is 9.91. The summed E-state index contributed by atoms with van der Waals surface area (Å²) in [7, 11) is 0. The number of ketones is 1. The van der Waals surface area contributed by atoms with Crippen LogP contribution in [0.5, 0.6) is 0 Å². The number of benzene rings is 2. The van der Waals surface area contributed by atoms with E-state index in [1.54, 1.807) is 0 Å². The second-order valence-corrected chi connectivity index (χ2v) is 9.22. The van der Waals surface area contributed by atoms with Crippen molar-refractivity contribution in [2.45, 2.75) is 37.8 Å². The van der Waals surface area contributed by atoms with Crippen LogP contribution in [-0.2, 0) is 0 Å². The van der Waals surface area contributed by atoms with Gasteiger partial charge in [0.15, 0.2) is 0 Å². The minimum atomic E-state index is -0.534. The van der Waals surface area contributed by atoms with Crippen molar-refractivity contribution in [2.24, 2.45) is 5.73 Å². The fourth-order valence-corrected chi connectivity index (χ4v) is 5.12. The Morgan fingerprint density at radius 2 is 1.71 bits per heavy atom. The molecule has 1 aromatic heterocycles. The van der Waals surface area contributed by atoms with E-state index >= 15 is 0 Å². The topological polar surface area (TPSA) is 153 Å². The molecule has 1 amide bonds. The van der Waals surface area contributed by atoms with E-state index in [4.69, 9.17) is 11.5 Å². The maximum atomic E-state index is 13.3. The van der Waals surface area contributed by atoms with Gasteiger partial charge in [-0.15, -0.1) is 11.3 Å². The average molecular weight is 480 g/mol. The number of nitro groups is 1. The fraction of sp³-hybridized carbons (Fsp3) is 0.250. The Labute approximate surface area is 200 Å². The molecule has 0 bridgehead atoms. The molecule has 34 heavy (non-hydrogen) atoms. The van der Waals surface area contributed by atoms with Crippen LogP contribution in [-0.4, -0.2) is 28.7 Å². The van der Waals surface area contributed by atoms with E-state index in [2.05, 4.69) is 10.6 Å². The minimum Gasteiger partial charge on any atom is -0.397 e. The largest absolute Gasteiger partial charge is 0.397 e. The van der Waals surface area contributed by atoms with Gasteiger partial charge in [-0.2, -0.15) is 0 Å². The molecule has 2 unspecified atom stereocenters. The van der Waals surface area contributed by atoms with Gasteiger partial charge < -0.3 is 22.1 Å². The van der Waals surface area contributed by atoms with Crippen molar-refractivity contribution in [2.75, 3.05) is 11.1 Å². The number of nitro benzene ring substituents is 1. The average Bonchev–Trinajstić information content (AvgIpc) is 3.16. The van der Waals surface area contributed by atoms with Gasteiger partial charge in [-0.1, -0.05) is 31.0 Å². The van der Waals surface area contributed by atoms with Crippen LogP contribution in [0.2, 0.25) is 0 Å². The van der Waals surface area contributed by atoms with Crippen LogP contribution < -0.4 is 22.1 Å². The maximum Gasteiger partial charge on any atom is 0.269 e. The summed E-state index contributed by atoms with van der Waals surface area (Å²) in [6.45, 7) is 0. The molecule has 176 valence electrons. The first kappa shape index (κ1) is 23.4. The molecular weight excluding hydrogens is 454 g/mol. The molecule has 0 saturated heterocycles. The van der Waals surface area contributed by atoms with E-state index in [0.717, 1.165) is 42.7 Å². The summed E-state index contributed by atoms with van der Waals surface area (Å²) < 4.78 is 0. The Kier molecular flexibility index (Phi) is 6.90. The first-order valence-corrected chi connectivity index (χ1v) is 11.8. The summed E-state index contributed by atoms with van der Waals surface area (Å²) in [6, 6.07) is 14.2. The first-order valence-electron chi connectivity index (χ1n) is 10.9. The molecule has 0 spiro atoms. The van der Waals surface area contributed by atoms with Gasteiger partial charge in [-0.25, -0.2) is 0 Å². The van der Waals surface area contributed by atoms with E-state index in [-0.39, 0.29) is 39.5 Å². The summed E-state index contributed by atoms with van der Waals surface area (Å²) in [5, 5.41) is 17.6. The van der Waals surface area contributed by atoms with Gasteiger partial charge in [0.25, 0.3) is 11.6 Å². The third-order valence-corrected chi connectivity index (χ3v) is 7.01. The number of amides is 1. The van der Waals surface area contributed by atoms with Crippen molar-refractivity contribution in [1.82, 2.24) is 5.32 Å². The Morgan fingerprint density at radius 3 is 2.35 bits per heavy atom. The number of hydrogen-bond acceptors (Lipinski definition) is 8. The lowest BCUT2D eigenvalue weighted by Gasteiger charge is -2.29. The van der Waals surface area contributed by atoms with Crippen LogP contribution in [0, 0.1) is 10.1 Å². The number of thiophene rings is 1. The Morgan fingerprint density at radius 1 is 1.03 bits per heavy atom. The van der Waals surface area contributed by atoms with Crippen LogP contribution in [0.1, 0.15) is 51.3 Å². The van der Waals surface area contributed by atoms with E-state index in [0.29, 0.717) is 5.00 Å². The summed E-state index contributed by atoms with van der Waals surface area (Å²) >= 11 is 1.07. The monoisotopic (exact) mass is 479 g/mol. The Hall–Kier alpha value is -3.76. The van der Waals surface area contributed by atoms with Crippen molar-refractivity contribution < 1.29 is 14.5 Å². The smallest absolute Gasteiger partial charge is 0.269 e. The Balaban J connectivity index is 1.69. The molecule has 1 aliphatic carbocycles. The number of nitrogens with two attached hydrogens (primary N) is 2. The Bertz CT molecular complexity index is 1210. The fourth-order valence-electron chi connectivity index (χ4n) is 4.02. The van der Waals surface area contributed by atoms with Crippen molar-refractivity contribution >= 4 is 45.1 Å². The molecule has 10 heteroatoms. The maximum absolute atomic E-state index is 13.3. The number of non-ortho nitro benzene ring substituents is 1. The highest BCUT2D eigenvalue weighted by atomic mass is 32.1. The van der Waals surface area contributed by atoms with E-state index < -0.39 is 16.6 Å². The molecule has 6 N–H and O–H groups in total. The van der Waals surface area contributed by atoms with Gasteiger partial charge in [-0.05, 0) is 37.1 Å². The van der Waals surface area contributed by atoms with Gasteiger partial charge >= 0.3 is 0 Å². The van der Waals surface area contributed by atoms with E-state index in [9.17, 15) is 19.7 Å². The summed E-state index contributed by atoms with van der Waals surface area (Å²) in [5.41, 5.74) is 13.7. The lowest BCUT2D eigenvalue weighted by Crippen LogP contribution is -2.49. The SMILES string of the molecule is Nc1c(C(=O)c2ccc([N+](=O)[O-])cc2)sc(Nc2ccccc2)c1C(=O)NC1CCCCC1N. The number of anilines is 3. The molecule has 2 aromatic carbocycles. The van der Waals surface area contributed by atoms with Crippen molar-refractivity contribution in [3.8, 4) is 0 Å². The standard InChI is InChI=1S/C24H25N5O4S/c25-17-8-4-5-9-18(17)28-23(31)19-20(26)22(34-24(19)27-15-6-2-1-3-7-15)21(30)14-10-12-16(13-11-14)29(32)33/h1-3,6-7,10-13,17-18,27H,4-5,8-9,25-26H2,(H,28,31). The highest BCUT2D eigenvalue weighted by molar-refractivity contribution is 7.19. The second-order valence-electron chi connectivity index (χ2n) is 8.20. The zero-order valence-electron chi connectivity index (χ0n) is 18.3. The van der Waals surface area contributed by atoms with Crippen molar-refractivity contribution in [1.29, 1.82) is 0 Å². The van der Waals surface area contributed by atoms with Gasteiger partial charge in [-0.3, -0.25) is 19.7 Å². The van der Waals surface area contributed by atoms with Gasteiger partial charge in [0.1, 0.15) is 9.88 Å². The van der Waals surface area contributed by atoms with Crippen LogP contribution in [0.4, 0.5) is 22.1 Å². The molecule has 9 nitrogen and oxygen atoms in total. The number of rotatable bonds is 7. The number of carbonyl (C=O) groups is 2. The van der Waals surface area contributed by atoms with Crippen LogP contribution >= 0.6 is 11.3 Å². The predicted octanol–water partition coefficient (Wildman–Crippen LogP) is 4.21. The molecule has 1 heterocycles. The molecule has 2 atom stereocenters. The molecule has 1 fully saturated rings. The third-order valence-electron chi connectivity index (χ3n) is 5.89. The molecule has 3 aromatic rings. The van der Waals surface area contributed by atoms with Gasteiger partial charge in [0, 0.05) is 35.5 Å². The number of carbonyl (C=O) groups excluding carboxylic acids is 2. The number of para-hydroxylation sites is 1. The summed E-state index contributed by atoms with van der Waals surface area (Å²) in [4.78, 5) is 37.1. The van der Waals surface area contributed by atoms with Crippen LogP contribution in [0.3, 0.4) is 0 Å². The van der Waals surface area contributed by atoms with Crippen LogP contribution in [0.15, 0.2) is 54.6 Å². The molecule has 4 rings (SSSR count). The molecular formula is C24H25N5O4S. The number of nitrogens with zero attached hydrogens (tertiary/aromatic N) is 1. The number of nitrogen functional groups attached to an aromatic ring is 1. The zero-order chi connectivity index (χ0) is 24.2. The zero-order valence-corrected chi connectivity index (χ0v) is 19.1. The molecule has 0 radical (unpaired) electrons. The number of nitrogens with one attached hydrogen (secondary N) is 2. The van der Waals surface area contributed by atoms with Crippen molar-refractivity contribution in [3.63, 3.8) is 0 Å². The summed E-state index contributed by atoms with van der Waals surface area (Å²) in [5.74, 6) is -0.806. The quantitative estimate of drug-likeness (QED) is 0.225. The first-order chi connectivity index (χ1) is 16.3. The molecule has 1 aliphatic rings. The van der Waals surface area contributed by atoms with E-state index in [1.807, 2.05) is 30.3 Å². The highest BCUT2D eigenvalue weighted by Gasteiger charge is 2.30. The normalized spacial score (nSPS) is 17.7. The highest BCUT2D eigenvalue weighted by Crippen LogP contribution is 2.39. The summed E-state index contributed by atoms with van der Waals surface area (Å²) in [6.07, 6.45) is 3.63. The predicted molar refractivity (Wildman–Crippen MR) is 133 cm³/mol. The van der Waals surface area contributed by atoms with Gasteiger partial charge in [0.05, 0.1) is 16.2 Å². The number of hydrogen-bond donors (Lipinski definition) is 4. The minimum absolute atomic E-state index is 0.0636. The molecule has 0 aliphatic heterocycles. The van der Waals surface area contributed by atoms with Crippen molar-refractivity contribution in [3.05, 3.63) is 80.7 Å². The second kappa shape index (κ2) is 10.0. The van der Waals surface area contributed by atoms with Gasteiger partial charge in [0.2, 0.25) is 5.78 Å². The lowest BCUT2D eigenvalue weighted by molar-refractivity contribution is -0.384. The van der Waals surface area contributed by atoms with E-state index in [1.165, 1.54) is 24.3 Å². The third kappa shape index (κ3) is 4.92. The molecule has 1 saturated carbocycles. The van der Waals surface area contributed by atoms with Crippen LogP contribution in [0.25, 0.3) is 0 Å².